The van der Waals surface area contributed by atoms with E-state index in [9.17, 15) is 19.7 Å². The molecule has 0 spiro atoms. The number of morpholine rings is 1. The van der Waals surface area contributed by atoms with E-state index in [1.807, 2.05) is 24.3 Å². The predicted octanol–water partition coefficient (Wildman–Crippen LogP) is 2.70. The molecule has 0 radical (unpaired) electrons. The number of nitro benzene ring substituents is 1. The fourth-order valence-corrected chi connectivity index (χ4v) is 3.81. The molecule has 3 N–H and O–H groups in total. The molecule has 0 aromatic heterocycles. The van der Waals surface area contributed by atoms with Gasteiger partial charge in [0, 0.05) is 42.3 Å². The summed E-state index contributed by atoms with van der Waals surface area (Å²) in [4.78, 5) is 37.8. The summed E-state index contributed by atoms with van der Waals surface area (Å²) < 4.78 is 5.39. The lowest BCUT2D eigenvalue weighted by molar-refractivity contribution is -0.384. The van der Waals surface area contributed by atoms with Crippen LogP contribution in [0.5, 0.6) is 0 Å². The molecule has 2 aromatic carbocycles. The average Bonchev–Trinajstić information content (AvgIpc) is 2.79. The summed E-state index contributed by atoms with van der Waals surface area (Å²) in [5.41, 5.74) is 2.97. The second-order valence-electron chi connectivity index (χ2n) is 7.52. The van der Waals surface area contributed by atoms with Crippen molar-refractivity contribution in [3.05, 3.63) is 75.5 Å². The third kappa shape index (κ3) is 4.54. The standard InChI is InChI=1S/C22H23N5O5/c1-14-19(21(28)24-16-4-8-18(9-5-16)27(30)31)20(25-22(29)23-14)15-2-6-17(7-3-15)26-10-12-32-13-11-26/h2-9,20H,10-13H2,1H3,(H,24,28)(H2,23,25,29). The molecule has 2 aromatic rings. The van der Waals surface area contributed by atoms with Crippen LogP contribution in [0.15, 0.2) is 59.8 Å². The number of benzene rings is 2. The Morgan fingerprint density at radius 3 is 2.41 bits per heavy atom. The minimum Gasteiger partial charge on any atom is -0.378 e. The SMILES string of the molecule is CC1=C(C(=O)Nc2ccc([N+](=O)[O-])cc2)C(c2ccc(N3CCOCC3)cc2)NC(=O)N1. The molecular formula is C22H23N5O5. The van der Waals surface area contributed by atoms with Crippen LogP contribution in [0, 0.1) is 10.1 Å². The molecule has 1 fully saturated rings. The molecule has 3 amide bonds. The Morgan fingerprint density at radius 2 is 1.78 bits per heavy atom. The predicted molar refractivity (Wildman–Crippen MR) is 118 cm³/mol. The highest BCUT2D eigenvalue weighted by Gasteiger charge is 2.31. The molecule has 2 aliphatic heterocycles. The van der Waals surface area contributed by atoms with Crippen LogP contribution in [0.25, 0.3) is 0 Å². The summed E-state index contributed by atoms with van der Waals surface area (Å²) in [6.07, 6.45) is 0. The number of hydrogen-bond acceptors (Lipinski definition) is 6. The normalized spacial score (nSPS) is 18.6. The van der Waals surface area contributed by atoms with Crippen molar-refractivity contribution in [2.45, 2.75) is 13.0 Å². The monoisotopic (exact) mass is 437 g/mol. The zero-order chi connectivity index (χ0) is 22.7. The Labute approximate surface area is 184 Å². The Bertz CT molecular complexity index is 1060. The molecular weight excluding hydrogens is 414 g/mol. The number of nitrogens with zero attached hydrogens (tertiary/aromatic N) is 2. The van der Waals surface area contributed by atoms with Gasteiger partial charge < -0.3 is 25.6 Å². The van der Waals surface area contributed by atoms with Gasteiger partial charge in [0.2, 0.25) is 0 Å². The molecule has 0 aliphatic carbocycles. The van der Waals surface area contributed by atoms with Gasteiger partial charge in [0.25, 0.3) is 11.6 Å². The number of nitro groups is 1. The maximum absolute atomic E-state index is 13.1. The number of rotatable bonds is 5. The van der Waals surface area contributed by atoms with E-state index in [0.29, 0.717) is 30.2 Å². The Kier molecular flexibility index (Phi) is 6.04. The molecule has 4 rings (SSSR count). The van der Waals surface area contributed by atoms with Crippen LogP contribution in [0.4, 0.5) is 21.9 Å². The maximum atomic E-state index is 13.1. The number of non-ortho nitro benzene ring substituents is 1. The second kappa shape index (κ2) is 9.06. The van der Waals surface area contributed by atoms with Crippen LogP contribution >= 0.6 is 0 Å². The van der Waals surface area contributed by atoms with Crippen LogP contribution in [0.3, 0.4) is 0 Å². The highest BCUT2D eigenvalue weighted by Crippen LogP contribution is 2.29. The summed E-state index contributed by atoms with van der Waals surface area (Å²) in [5, 5.41) is 19.0. The van der Waals surface area contributed by atoms with Crippen LogP contribution in [-0.4, -0.2) is 43.2 Å². The highest BCUT2D eigenvalue weighted by atomic mass is 16.6. The Balaban J connectivity index is 1.56. The van der Waals surface area contributed by atoms with E-state index in [-0.39, 0.29) is 5.69 Å². The number of allylic oxidation sites excluding steroid dienone is 1. The summed E-state index contributed by atoms with van der Waals surface area (Å²) in [6, 6.07) is 12.3. The molecule has 10 nitrogen and oxygen atoms in total. The van der Waals surface area contributed by atoms with Crippen LogP contribution in [-0.2, 0) is 9.53 Å². The van der Waals surface area contributed by atoms with Gasteiger partial charge in [-0.3, -0.25) is 14.9 Å². The van der Waals surface area contributed by atoms with Gasteiger partial charge in [0.05, 0.1) is 29.8 Å². The van der Waals surface area contributed by atoms with E-state index < -0.39 is 22.9 Å². The third-order valence-corrected chi connectivity index (χ3v) is 5.45. The lowest BCUT2D eigenvalue weighted by Crippen LogP contribution is -2.46. The van der Waals surface area contributed by atoms with Crippen molar-refractivity contribution in [1.82, 2.24) is 10.6 Å². The fourth-order valence-electron chi connectivity index (χ4n) is 3.81. The summed E-state index contributed by atoms with van der Waals surface area (Å²) in [7, 11) is 0. The van der Waals surface area contributed by atoms with E-state index in [4.69, 9.17) is 4.74 Å². The third-order valence-electron chi connectivity index (χ3n) is 5.45. The molecule has 1 unspecified atom stereocenters. The van der Waals surface area contributed by atoms with Crippen LogP contribution < -0.4 is 20.9 Å². The van der Waals surface area contributed by atoms with Crippen molar-refractivity contribution in [1.29, 1.82) is 0 Å². The van der Waals surface area contributed by atoms with E-state index in [1.54, 1.807) is 6.92 Å². The zero-order valence-electron chi connectivity index (χ0n) is 17.5. The van der Waals surface area contributed by atoms with Gasteiger partial charge in [-0.15, -0.1) is 0 Å². The smallest absolute Gasteiger partial charge is 0.319 e. The number of ether oxygens (including phenoxy) is 1. The first-order valence-electron chi connectivity index (χ1n) is 10.2. The molecule has 0 bridgehead atoms. The molecule has 0 saturated carbocycles. The highest BCUT2D eigenvalue weighted by molar-refractivity contribution is 6.06. The molecule has 1 atom stereocenters. The number of nitrogens with one attached hydrogen (secondary N) is 3. The first-order chi connectivity index (χ1) is 15.4. The number of carbonyl (C=O) groups is 2. The lowest BCUT2D eigenvalue weighted by atomic mass is 9.94. The van der Waals surface area contributed by atoms with E-state index >= 15 is 0 Å². The first-order valence-corrected chi connectivity index (χ1v) is 10.2. The van der Waals surface area contributed by atoms with Crippen molar-refractivity contribution in [2.75, 3.05) is 36.5 Å². The molecule has 2 heterocycles. The second-order valence-corrected chi connectivity index (χ2v) is 7.52. The molecule has 10 heteroatoms. The van der Waals surface area contributed by atoms with Crippen LogP contribution in [0.1, 0.15) is 18.5 Å². The quantitative estimate of drug-likeness (QED) is 0.488. The summed E-state index contributed by atoms with van der Waals surface area (Å²) >= 11 is 0. The Hall–Kier alpha value is -3.92. The van der Waals surface area contributed by atoms with E-state index in [2.05, 4.69) is 20.9 Å². The number of anilines is 2. The fraction of sp³-hybridized carbons (Fsp3) is 0.273. The van der Waals surface area contributed by atoms with Crippen molar-refractivity contribution >= 4 is 29.0 Å². The Morgan fingerprint density at radius 1 is 1.12 bits per heavy atom. The largest absolute Gasteiger partial charge is 0.378 e. The van der Waals surface area contributed by atoms with Gasteiger partial charge in [-0.1, -0.05) is 12.1 Å². The van der Waals surface area contributed by atoms with Gasteiger partial charge in [0.1, 0.15) is 0 Å². The molecule has 2 aliphatic rings. The van der Waals surface area contributed by atoms with Gasteiger partial charge in [-0.25, -0.2) is 4.79 Å². The van der Waals surface area contributed by atoms with E-state index in [0.717, 1.165) is 24.3 Å². The maximum Gasteiger partial charge on any atom is 0.319 e. The van der Waals surface area contributed by atoms with Gasteiger partial charge in [-0.05, 0) is 36.8 Å². The summed E-state index contributed by atoms with van der Waals surface area (Å²) in [6.45, 7) is 4.65. The minimum absolute atomic E-state index is 0.0665. The van der Waals surface area contributed by atoms with Crippen molar-refractivity contribution in [3.8, 4) is 0 Å². The van der Waals surface area contributed by atoms with Gasteiger partial charge in [0.15, 0.2) is 0 Å². The molecule has 1 saturated heterocycles. The molecule has 166 valence electrons. The van der Waals surface area contributed by atoms with E-state index in [1.165, 1.54) is 24.3 Å². The number of carbonyl (C=O) groups excluding carboxylic acids is 2. The zero-order valence-corrected chi connectivity index (χ0v) is 17.5. The summed E-state index contributed by atoms with van der Waals surface area (Å²) in [5.74, 6) is -0.411. The van der Waals surface area contributed by atoms with Gasteiger partial charge >= 0.3 is 6.03 Å². The average molecular weight is 437 g/mol. The number of amides is 3. The van der Waals surface area contributed by atoms with Crippen LogP contribution in [0.2, 0.25) is 0 Å². The lowest BCUT2D eigenvalue weighted by Gasteiger charge is -2.31. The molecule has 32 heavy (non-hydrogen) atoms. The van der Waals surface area contributed by atoms with Crippen molar-refractivity contribution < 1.29 is 19.2 Å². The topological polar surface area (TPSA) is 126 Å². The van der Waals surface area contributed by atoms with Crippen molar-refractivity contribution in [2.24, 2.45) is 0 Å². The van der Waals surface area contributed by atoms with Crippen molar-refractivity contribution in [3.63, 3.8) is 0 Å². The minimum atomic E-state index is -0.638. The number of hydrogen-bond donors (Lipinski definition) is 3. The number of urea groups is 1. The van der Waals surface area contributed by atoms with Gasteiger partial charge in [-0.2, -0.15) is 0 Å². The first kappa shape index (κ1) is 21.3.